The van der Waals surface area contributed by atoms with Gasteiger partial charge in [-0.3, -0.25) is 14.9 Å². The highest BCUT2D eigenvalue weighted by Gasteiger charge is 2.15. The van der Waals surface area contributed by atoms with Gasteiger partial charge in [-0.25, -0.2) is 0 Å². The number of anilines is 1. The second-order valence-electron chi connectivity index (χ2n) is 7.56. The molecule has 0 aliphatic heterocycles. The number of thiocarbonyl (C=S) groups is 1. The lowest BCUT2D eigenvalue weighted by Crippen LogP contribution is -2.40. The molecule has 7 heteroatoms. The third-order valence-corrected chi connectivity index (χ3v) is 3.93. The summed E-state index contributed by atoms with van der Waals surface area (Å²) in [7, 11) is 0. The van der Waals surface area contributed by atoms with E-state index in [1.54, 1.807) is 30.3 Å². The van der Waals surface area contributed by atoms with Gasteiger partial charge in [0.1, 0.15) is 5.75 Å². The third-order valence-electron chi connectivity index (χ3n) is 3.73. The Bertz CT molecular complexity index is 931. The van der Waals surface area contributed by atoms with E-state index < -0.39 is 0 Å². The molecule has 2 rings (SSSR count). The van der Waals surface area contributed by atoms with Crippen LogP contribution in [0.25, 0.3) is 6.08 Å². The molecule has 3 N–H and O–H groups in total. The van der Waals surface area contributed by atoms with Crippen molar-refractivity contribution in [2.45, 2.75) is 33.2 Å². The fourth-order valence-electron chi connectivity index (χ4n) is 2.48. The minimum Gasteiger partial charge on any atom is -0.494 e. The first-order chi connectivity index (χ1) is 14.2. The second-order valence-corrected chi connectivity index (χ2v) is 7.97. The van der Waals surface area contributed by atoms with Gasteiger partial charge < -0.3 is 15.4 Å². The van der Waals surface area contributed by atoms with Gasteiger partial charge >= 0.3 is 0 Å². The molecule has 2 aromatic rings. The van der Waals surface area contributed by atoms with Gasteiger partial charge in [-0.2, -0.15) is 0 Å². The van der Waals surface area contributed by atoms with Crippen molar-refractivity contribution in [1.82, 2.24) is 10.6 Å². The number of amides is 2. The monoisotopic (exact) mass is 425 g/mol. The van der Waals surface area contributed by atoms with E-state index in [1.807, 2.05) is 52.0 Å². The van der Waals surface area contributed by atoms with E-state index in [4.69, 9.17) is 17.0 Å². The van der Waals surface area contributed by atoms with Crippen LogP contribution in [0.1, 0.15) is 43.6 Å². The largest absolute Gasteiger partial charge is 0.494 e. The van der Waals surface area contributed by atoms with Crippen LogP contribution in [-0.2, 0) is 4.79 Å². The average molecular weight is 426 g/mol. The summed E-state index contributed by atoms with van der Waals surface area (Å²) in [5, 5.41) is 8.55. The van der Waals surface area contributed by atoms with Crippen LogP contribution < -0.4 is 20.7 Å². The van der Waals surface area contributed by atoms with E-state index in [1.165, 1.54) is 6.08 Å². The van der Waals surface area contributed by atoms with Gasteiger partial charge in [-0.15, -0.1) is 0 Å². The van der Waals surface area contributed by atoms with Gasteiger partial charge in [0.15, 0.2) is 5.11 Å². The second kappa shape index (κ2) is 10.5. The van der Waals surface area contributed by atoms with Crippen LogP contribution in [0.2, 0.25) is 0 Å². The summed E-state index contributed by atoms with van der Waals surface area (Å²) in [6.07, 6.45) is 3.09. The maximum atomic E-state index is 12.3. The highest BCUT2D eigenvalue weighted by Crippen LogP contribution is 2.14. The molecular weight excluding hydrogens is 398 g/mol. The quantitative estimate of drug-likeness (QED) is 0.479. The molecule has 2 amide bonds. The van der Waals surface area contributed by atoms with Crippen molar-refractivity contribution in [1.29, 1.82) is 0 Å². The number of carbonyl (C=O) groups excluding carboxylic acids is 2. The van der Waals surface area contributed by atoms with E-state index in [0.29, 0.717) is 17.9 Å². The summed E-state index contributed by atoms with van der Waals surface area (Å²) in [5.74, 6) is 0.241. The smallest absolute Gasteiger partial charge is 0.251 e. The number of rotatable bonds is 6. The molecule has 158 valence electrons. The SMILES string of the molecule is CCOc1ccc(/C=C/C(=O)NC(=S)Nc2cccc(C(=O)NC(C)(C)C)c2)cc1. The van der Waals surface area contributed by atoms with Crippen LogP contribution in [0.3, 0.4) is 0 Å². The van der Waals surface area contributed by atoms with Crippen molar-refractivity contribution in [3.8, 4) is 5.75 Å². The van der Waals surface area contributed by atoms with Crippen LogP contribution in [0.5, 0.6) is 5.75 Å². The molecule has 30 heavy (non-hydrogen) atoms. The Balaban J connectivity index is 1.91. The van der Waals surface area contributed by atoms with Crippen LogP contribution in [-0.4, -0.2) is 29.1 Å². The Morgan fingerprint density at radius 1 is 1.10 bits per heavy atom. The molecular formula is C23H27N3O3S. The molecule has 0 radical (unpaired) electrons. The van der Waals surface area contributed by atoms with Gasteiger partial charge in [0.05, 0.1) is 6.61 Å². The molecule has 0 saturated carbocycles. The normalized spacial score (nSPS) is 11.1. The molecule has 6 nitrogen and oxygen atoms in total. The van der Waals surface area contributed by atoms with Crippen LogP contribution in [0.4, 0.5) is 5.69 Å². The standard InChI is InChI=1S/C23H27N3O3S/c1-5-29-19-12-9-16(10-13-19)11-14-20(27)25-22(30)24-18-8-6-7-17(15-18)21(28)26-23(2,3)4/h6-15H,5H2,1-4H3,(H,26,28)(H2,24,25,27,30)/b14-11+. The summed E-state index contributed by atoms with van der Waals surface area (Å²) < 4.78 is 5.39. The maximum absolute atomic E-state index is 12.3. The first-order valence-corrected chi connectivity index (χ1v) is 10.0. The fraction of sp³-hybridized carbons (Fsp3) is 0.261. The Morgan fingerprint density at radius 2 is 1.80 bits per heavy atom. The molecule has 0 unspecified atom stereocenters. The molecule has 0 heterocycles. The zero-order chi connectivity index (χ0) is 22.1. The van der Waals surface area contributed by atoms with Crippen molar-refractivity contribution >= 4 is 40.9 Å². The summed E-state index contributed by atoms with van der Waals surface area (Å²) in [6.45, 7) is 8.27. The predicted octanol–water partition coefficient (Wildman–Crippen LogP) is 4.14. The van der Waals surface area contributed by atoms with Crippen LogP contribution >= 0.6 is 12.2 Å². The first kappa shape index (κ1) is 23.1. The maximum Gasteiger partial charge on any atom is 0.251 e. The van der Waals surface area contributed by atoms with Crippen LogP contribution in [0.15, 0.2) is 54.6 Å². The molecule has 2 aromatic carbocycles. The number of nitrogens with one attached hydrogen (secondary N) is 3. The number of ether oxygens (including phenoxy) is 1. The topological polar surface area (TPSA) is 79.5 Å². The fourth-order valence-corrected chi connectivity index (χ4v) is 2.70. The number of hydrogen-bond donors (Lipinski definition) is 3. The van der Waals surface area contributed by atoms with E-state index in [2.05, 4.69) is 16.0 Å². The summed E-state index contributed by atoms with van der Waals surface area (Å²) in [6, 6.07) is 14.3. The van der Waals surface area contributed by atoms with Gasteiger partial charge in [0.25, 0.3) is 5.91 Å². The third kappa shape index (κ3) is 8.05. The zero-order valence-electron chi connectivity index (χ0n) is 17.6. The van der Waals surface area contributed by atoms with Gasteiger partial charge in [0.2, 0.25) is 5.91 Å². The van der Waals surface area contributed by atoms with Gasteiger partial charge in [0, 0.05) is 22.9 Å². The first-order valence-electron chi connectivity index (χ1n) is 9.62. The molecule has 0 atom stereocenters. The minimum absolute atomic E-state index is 0.143. The molecule has 0 bridgehead atoms. The van der Waals surface area contributed by atoms with Crippen molar-refractivity contribution in [2.24, 2.45) is 0 Å². The van der Waals surface area contributed by atoms with Crippen molar-refractivity contribution in [3.63, 3.8) is 0 Å². The Labute approximate surface area is 182 Å². The van der Waals surface area contributed by atoms with Crippen molar-refractivity contribution in [2.75, 3.05) is 11.9 Å². The molecule has 0 fully saturated rings. The summed E-state index contributed by atoms with van der Waals surface area (Å²) in [5.41, 5.74) is 1.64. The van der Waals surface area contributed by atoms with E-state index in [-0.39, 0.29) is 22.5 Å². The lowest BCUT2D eigenvalue weighted by atomic mass is 10.1. The molecule has 0 aromatic heterocycles. The molecule has 0 aliphatic rings. The van der Waals surface area contributed by atoms with E-state index >= 15 is 0 Å². The highest BCUT2D eigenvalue weighted by atomic mass is 32.1. The van der Waals surface area contributed by atoms with Gasteiger partial charge in [-0.1, -0.05) is 18.2 Å². The van der Waals surface area contributed by atoms with Crippen molar-refractivity contribution < 1.29 is 14.3 Å². The predicted molar refractivity (Wildman–Crippen MR) is 125 cm³/mol. The van der Waals surface area contributed by atoms with E-state index in [9.17, 15) is 9.59 Å². The number of benzene rings is 2. The Morgan fingerprint density at radius 3 is 2.43 bits per heavy atom. The molecule has 0 spiro atoms. The Kier molecular flexibility index (Phi) is 8.12. The molecule has 0 aliphatic carbocycles. The average Bonchev–Trinajstić information content (AvgIpc) is 2.66. The highest BCUT2D eigenvalue weighted by molar-refractivity contribution is 7.80. The minimum atomic E-state index is -0.358. The summed E-state index contributed by atoms with van der Waals surface area (Å²) >= 11 is 5.19. The van der Waals surface area contributed by atoms with E-state index in [0.717, 1.165) is 11.3 Å². The summed E-state index contributed by atoms with van der Waals surface area (Å²) in [4.78, 5) is 24.4. The lowest BCUT2D eigenvalue weighted by molar-refractivity contribution is -0.115. The van der Waals surface area contributed by atoms with Crippen LogP contribution in [0, 0.1) is 0 Å². The lowest BCUT2D eigenvalue weighted by Gasteiger charge is -2.20. The number of carbonyl (C=O) groups is 2. The Hall–Kier alpha value is -3.19. The molecule has 0 saturated heterocycles. The zero-order valence-corrected chi connectivity index (χ0v) is 18.4. The van der Waals surface area contributed by atoms with Crippen molar-refractivity contribution in [3.05, 3.63) is 65.7 Å². The van der Waals surface area contributed by atoms with Gasteiger partial charge in [-0.05, 0) is 81.9 Å². The number of hydrogen-bond acceptors (Lipinski definition) is 4.